The summed E-state index contributed by atoms with van der Waals surface area (Å²) in [6.07, 6.45) is 3.83. The molecule has 0 radical (unpaired) electrons. The normalized spacial score (nSPS) is 9.67. The van der Waals surface area contributed by atoms with Crippen LogP contribution in [-0.4, -0.2) is 17.4 Å². The van der Waals surface area contributed by atoms with Crippen LogP contribution in [0, 0.1) is 0 Å². The fourth-order valence-corrected chi connectivity index (χ4v) is 1.20. The van der Waals surface area contributed by atoms with Crippen molar-refractivity contribution in [3.8, 4) is 0 Å². The Morgan fingerprint density at radius 2 is 2.47 bits per heavy atom. The van der Waals surface area contributed by atoms with E-state index in [1.54, 1.807) is 6.08 Å². The van der Waals surface area contributed by atoms with E-state index < -0.39 is 0 Å². The first kappa shape index (κ1) is 11.5. The van der Waals surface area contributed by atoms with Crippen LogP contribution in [0.15, 0.2) is 24.9 Å². The van der Waals surface area contributed by atoms with Crippen LogP contribution in [0.2, 0.25) is 5.15 Å². The number of carbonyl (C=O) groups is 1. The van der Waals surface area contributed by atoms with Crippen molar-refractivity contribution >= 4 is 23.2 Å². The van der Waals surface area contributed by atoms with Gasteiger partial charge in [0, 0.05) is 6.54 Å². The summed E-state index contributed by atoms with van der Waals surface area (Å²) in [6.45, 7) is 4.07. The molecular weight excluding hydrogens is 214 g/mol. The highest BCUT2D eigenvalue weighted by Crippen LogP contribution is 2.15. The molecule has 80 valence electrons. The molecule has 5 heteroatoms. The lowest BCUT2D eigenvalue weighted by Gasteiger charge is -2.05. The second-order valence-electron chi connectivity index (χ2n) is 2.94. The Bertz CT molecular complexity index is 379. The first-order chi connectivity index (χ1) is 7.15. The molecule has 3 N–H and O–H groups in total. The monoisotopic (exact) mass is 225 g/mol. The summed E-state index contributed by atoms with van der Waals surface area (Å²) in [5.41, 5.74) is 6.21. The van der Waals surface area contributed by atoms with E-state index in [2.05, 4.69) is 16.9 Å². The predicted molar refractivity (Wildman–Crippen MR) is 60.8 cm³/mol. The summed E-state index contributed by atoms with van der Waals surface area (Å²) in [6, 6.07) is 1.50. The average Bonchev–Trinajstić information content (AvgIpc) is 2.22. The maximum Gasteiger partial charge on any atom is 0.254 e. The molecule has 0 aromatic carbocycles. The van der Waals surface area contributed by atoms with Gasteiger partial charge in [0.1, 0.15) is 5.15 Å². The van der Waals surface area contributed by atoms with Crippen LogP contribution in [0.5, 0.6) is 0 Å². The van der Waals surface area contributed by atoms with E-state index in [1.165, 1.54) is 12.3 Å². The topological polar surface area (TPSA) is 68.0 Å². The van der Waals surface area contributed by atoms with Gasteiger partial charge in [0.2, 0.25) is 0 Å². The fraction of sp³-hybridized carbons (Fsp3) is 0.200. The van der Waals surface area contributed by atoms with Gasteiger partial charge in [-0.2, -0.15) is 0 Å². The molecule has 1 aromatic heterocycles. The Morgan fingerprint density at radius 1 is 1.73 bits per heavy atom. The van der Waals surface area contributed by atoms with Crippen LogP contribution < -0.4 is 11.1 Å². The van der Waals surface area contributed by atoms with Crippen molar-refractivity contribution in [2.45, 2.75) is 6.42 Å². The van der Waals surface area contributed by atoms with Crippen molar-refractivity contribution in [3.05, 3.63) is 35.6 Å². The summed E-state index contributed by atoms with van der Waals surface area (Å²) in [5, 5.41) is 2.83. The molecule has 0 saturated heterocycles. The van der Waals surface area contributed by atoms with Gasteiger partial charge in [-0.25, -0.2) is 4.98 Å². The van der Waals surface area contributed by atoms with Crippen LogP contribution >= 0.6 is 11.6 Å². The lowest BCUT2D eigenvalue weighted by molar-refractivity contribution is 0.0954. The number of aromatic nitrogens is 1. The molecule has 0 spiro atoms. The molecule has 4 nitrogen and oxygen atoms in total. The number of nitrogens with zero attached hydrogens (tertiary/aromatic N) is 1. The largest absolute Gasteiger partial charge is 0.397 e. The number of nitrogens with one attached hydrogen (secondary N) is 1. The highest BCUT2D eigenvalue weighted by molar-refractivity contribution is 6.32. The molecule has 0 atom stereocenters. The Labute approximate surface area is 93.1 Å². The highest BCUT2D eigenvalue weighted by Gasteiger charge is 2.10. The molecule has 0 aliphatic rings. The summed E-state index contributed by atoms with van der Waals surface area (Å²) in [7, 11) is 0. The molecule has 1 heterocycles. The lowest BCUT2D eigenvalue weighted by atomic mass is 10.2. The minimum atomic E-state index is -0.276. The van der Waals surface area contributed by atoms with Crippen molar-refractivity contribution in [1.29, 1.82) is 0 Å². The van der Waals surface area contributed by atoms with E-state index >= 15 is 0 Å². The summed E-state index contributed by atoms with van der Waals surface area (Å²) in [5.74, 6) is -0.276. The van der Waals surface area contributed by atoms with Crippen molar-refractivity contribution in [3.63, 3.8) is 0 Å². The number of amides is 1. The Morgan fingerprint density at radius 3 is 3.13 bits per heavy atom. The smallest absolute Gasteiger partial charge is 0.254 e. The number of rotatable bonds is 4. The predicted octanol–water partition coefficient (Wildman–Crippen LogP) is 1.62. The number of hydrogen-bond donors (Lipinski definition) is 2. The first-order valence-electron chi connectivity index (χ1n) is 4.45. The Balaban J connectivity index is 2.72. The van der Waals surface area contributed by atoms with Crippen molar-refractivity contribution in [2.75, 3.05) is 12.3 Å². The number of nitrogens with two attached hydrogens (primary N) is 1. The van der Waals surface area contributed by atoms with Gasteiger partial charge in [0.15, 0.2) is 0 Å². The number of hydrogen-bond acceptors (Lipinski definition) is 3. The number of anilines is 1. The maximum atomic E-state index is 11.6. The van der Waals surface area contributed by atoms with Crippen molar-refractivity contribution < 1.29 is 4.79 Å². The molecular formula is C10H12ClN3O. The third-order valence-corrected chi connectivity index (χ3v) is 2.04. The van der Waals surface area contributed by atoms with E-state index in [-0.39, 0.29) is 11.1 Å². The lowest BCUT2D eigenvalue weighted by Crippen LogP contribution is -2.24. The van der Waals surface area contributed by atoms with E-state index in [4.69, 9.17) is 17.3 Å². The standard InChI is InChI=1S/C10H12ClN3O/c1-2-3-4-13-10(15)8-5-7(12)6-14-9(8)11/h2,5-6H,1,3-4,12H2,(H,13,15). The van der Waals surface area contributed by atoms with E-state index in [9.17, 15) is 4.79 Å². The average molecular weight is 226 g/mol. The third-order valence-electron chi connectivity index (χ3n) is 1.74. The van der Waals surface area contributed by atoms with Crippen LogP contribution in [0.25, 0.3) is 0 Å². The quantitative estimate of drug-likeness (QED) is 0.465. The van der Waals surface area contributed by atoms with Gasteiger partial charge in [-0.1, -0.05) is 17.7 Å². The summed E-state index contributed by atoms with van der Waals surface area (Å²) < 4.78 is 0. The summed E-state index contributed by atoms with van der Waals surface area (Å²) in [4.78, 5) is 15.4. The SMILES string of the molecule is C=CCCNC(=O)c1cc(N)cnc1Cl. The van der Waals surface area contributed by atoms with E-state index in [0.29, 0.717) is 24.2 Å². The number of halogens is 1. The molecule has 1 rings (SSSR count). The van der Waals surface area contributed by atoms with Gasteiger partial charge >= 0.3 is 0 Å². The molecule has 1 aromatic rings. The number of carbonyl (C=O) groups excluding carboxylic acids is 1. The van der Waals surface area contributed by atoms with Crippen LogP contribution in [0.1, 0.15) is 16.8 Å². The van der Waals surface area contributed by atoms with Gasteiger partial charge in [0.25, 0.3) is 5.91 Å². The molecule has 0 bridgehead atoms. The molecule has 0 aliphatic carbocycles. The van der Waals surface area contributed by atoms with Gasteiger partial charge in [-0.15, -0.1) is 6.58 Å². The number of nitrogen functional groups attached to an aromatic ring is 1. The van der Waals surface area contributed by atoms with Crippen molar-refractivity contribution in [2.24, 2.45) is 0 Å². The highest BCUT2D eigenvalue weighted by atomic mass is 35.5. The molecule has 0 unspecified atom stereocenters. The second-order valence-corrected chi connectivity index (χ2v) is 3.30. The van der Waals surface area contributed by atoms with Gasteiger partial charge in [0.05, 0.1) is 17.4 Å². The first-order valence-corrected chi connectivity index (χ1v) is 4.83. The minimum Gasteiger partial charge on any atom is -0.397 e. The summed E-state index contributed by atoms with van der Waals surface area (Å²) >= 11 is 5.76. The zero-order chi connectivity index (χ0) is 11.3. The molecule has 0 fully saturated rings. The van der Waals surface area contributed by atoms with Crippen LogP contribution in [-0.2, 0) is 0 Å². The molecule has 15 heavy (non-hydrogen) atoms. The Hall–Kier alpha value is -1.55. The molecule has 0 saturated carbocycles. The second kappa shape index (κ2) is 5.36. The van der Waals surface area contributed by atoms with Crippen LogP contribution in [0.4, 0.5) is 5.69 Å². The van der Waals surface area contributed by atoms with Crippen molar-refractivity contribution in [1.82, 2.24) is 10.3 Å². The van der Waals surface area contributed by atoms with Gasteiger partial charge < -0.3 is 11.1 Å². The fourth-order valence-electron chi connectivity index (χ4n) is 1.01. The Kier molecular flexibility index (Phi) is 4.12. The van der Waals surface area contributed by atoms with E-state index in [1.807, 2.05) is 0 Å². The van der Waals surface area contributed by atoms with Crippen LogP contribution in [0.3, 0.4) is 0 Å². The van der Waals surface area contributed by atoms with E-state index in [0.717, 1.165) is 0 Å². The minimum absolute atomic E-state index is 0.153. The number of pyridine rings is 1. The maximum absolute atomic E-state index is 11.6. The zero-order valence-electron chi connectivity index (χ0n) is 8.16. The molecule has 1 amide bonds. The van der Waals surface area contributed by atoms with Gasteiger partial charge in [-0.05, 0) is 12.5 Å². The van der Waals surface area contributed by atoms with Gasteiger partial charge in [-0.3, -0.25) is 4.79 Å². The molecule has 0 aliphatic heterocycles. The zero-order valence-corrected chi connectivity index (χ0v) is 8.92. The third kappa shape index (κ3) is 3.25.